The summed E-state index contributed by atoms with van der Waals surface area (Å²) in [4.78, 5) is 4.27. The van der Waals surface area contributed by atoms with Crippen molar-refractivity contribution in [2.24, 2.45) is 10.7 Å². The zero-order valence-electron chi connectivity index (χ0n) is 12.2. The van der Waals surface area contributed by atoms with Crippen LogP contribution in [0.4, 0.5) is 10.1 Å². The Morgan fingerprint density at radius 1 is 1.18 bits per heavy atom. The van der Waals surface area contributed by atoms with Crippen LogP contribution in [0, 0.1) is 5.82 Å². The van der Waals surface area contributed by atoms with Gasteiger partial charge in [-0.2, -0.15) is 0 Å². The van der Waals surface area contributed by atoms with E-state index < -0.39 is 0 Å². The Labute approximate surface area is 133 Å². The van der Waals surface area contributed by atoms with Gasteiger partial charge in [0.1, 0.15) is 5.75 Å². The van der Waals surface area contributed by atoms with Crippen LogP contribution in [0.5, 0.6) is 11.5 Å². The molecule has 0 bridgehead atoms. The average Bonchev–Trinajstić information content (AvgIpc) is 2.54. The maximum absolute atomic E-state index is 13.3. The van der Waals surface area contributed by atoms with Crippen LogP contribution >= 0.6 is 11.8 Å². The molecule has 0 aromatic heterocycles. The number of hydrogen-bond donors (Lipinski definition) is 1. The minimum atomic E-state index is -0.368. The topological polar surface area (TPSA) is 56.8 Å². The molecular formula is C16H17FN2O2S. The summed E-state index contributed by atoms with van der Waals surface area (Å²) in [7, 11) is 1.61. The number of methoxy groups -OCH3 is 1. The number of halogens is 1. The molecule has 2 aromatic rings. The number of para-hydroxylation sites is 1. The smallest absolute Gasteiger partial charge is 0.165 e. The molecule has 0 aliphatic heterocycles. The van der Waals surface area contributed by atoms with E-state index >= 15 is 0 Å². The SMILES string of the molecule is COc1ccc(N=C(N)SCCOc2ccccc2F)cc1. The Morgan fingerprint density at radius 3 is 2.59 bits per heavy atom. The van der Waals surface area contributed by atoms with Gasteiger partial charge < -0.3 is 15.2 Å². The molecule has 0 saturated carbocycles. The van der Waals surface area contributed by atoms with Gasteiger partial charge in [0, 0.05) is 5.75 Å². The van der Waals surface area contributed by atoms with Crippen molar-refractivity contribution >= 4 is 22.6 Å². The van der Waals surface area contributed by atoms with Crippen molar-refractivity contribution in [2.75, 3.05) is 19.5 Å². The molecule has 116 valence electrons. The lowest BCUT2D eigenvalue weighted by Gasteiger charge is -2.06. The Balaban J connectivity index is 1.78. The van der Waals surface area contributed by atoms with Gasteiger partial charge >= 0.3 is 0 Å². The van der Waals surface area contributed by atoms with E-state index in [1.807, 2.05) is 24.3 Å². The molecule has 0 aliphatic rings. The third kappa shape index (κ3) is 4.96. The molecule has 0 saturated heterocycles. The molecule has 0 aliphatic carbocycles. The number of thioether (sulfide) groups is 1. The number of hydrogen-bond acceptors (Lipinski definition) is 4. The van der Waals surface area contributed by atoms with Crippen molar-refractivity contribution in [1.29, 1.82) is 0 Å². The van der Waals surface area contributed by atoms with E-state index in [2.05, 4.69) is 4.99 Å². The van der Waals surface area contributed by atoms with Gasteiger partial charge in [0.25, 0.3) is 0 Å². The minimum Gasteiger partial charge on any atom is -0.497 e. The van der Waals surface area contributed by atoms with Gasteiger partial charge in [0.15, 0.2) is 16.7 Å². The van der Waals surface area contributed by atoms with Gasteiger partial charge in [-0.25, -0.2) is 9.38 Å². The van der Waals surface area contributed by atoms with Crippen LogP contribution in [-0.2, 0) is 0 Å². The molecule has 2 aromatic carbocycles. The first-order valence-corrected chi connectivity index (χ1v) is 7.66. The second-order valence-electron chi connectivity index (χ2n) is 4.28. The molecule has 6 heteroatoms. The second-order valence-corrected chi connectivity index (χ2v) is 5.39. The fourth-order valence-corrected chi connectivity index (χ4v) is 2.22. The number of amidine groups is 1. The molecule has 0 fully saturated rings. The van der Waals surface area contributed by atoms with Crippen molar-refractivity contribution < 1.29 is 13.9 Å². The number of nitrogens with two attached hydrogens (primary N) is 1. The van der Waals surface area contributed by atoms with E-state index in [0.29, 0.717) is 17.5 Å². The van der Waals surface area contributed by atoms with Crippen LogP contribution in [0.1, 0.15) is 0 Å². The third-order valence-corrected chi connectivity index (χ3v) is 3.50. The van der Waals surface area contributed by atoms with Gasteiger partial charge in [-0.05, 0) is 36.4 Å². The first-order chi connectivity index (χ1) is 10.7. The Morgan fingerprint density at radius 2 is 1.91 bits per heavy atom. The molecular weight excluding hydrogens is 303 g/mol. The highest BCUT2D eigenvalue weighted by molar-refractivity contribution is 8.13. The summed E-state index contributed by atoms with van der Waals surface area (Å²) in [5.74, 6) is 1.23. The summed E-state index contributed by atoms with van der Waals surface area (Å²) >= 11 is 1.36. The van der Waals surface area contributed by atoms with Crippen LogP contribution in [0.3, 0.4) is 0 Å². The highest BCUT2D eigenvalue weighted by Crippen LogP contribution is 2.19. The highest BCUT2D eigenvalue weighted by Gasteiger charge is 2.02. The van der Waals surface area contributed by atoms with E-state index in [1.165, 1.54) is 17.8 Å². The van der Waals surface area contributed by atoms with Crippen molar-refractivity contribution in [3.8, 4) is 11.5 Å². The summed E-state index contributed by atoms with van der Waals surface area (Å²) in [6, 6.07) is 13.6. The molecule has 2 N–H and O–H groups in total. The normalized spacial score (nSPS) is 11.3. The zero-order valence-corrected chi connectivity index (χ0v) is 13.0. The highest BCUT2D eigenvalue weighted by atomic mass is 32.2. The van der Waals surface area contributed by atoms with Crippen molar-refractivity contribution in [2.45, 2.75) is 0 Å². The van der Waals surface area contributed by atoms with Gasteiger partial charge in [0.05, 0.1) is 19.4 Å². The summed E-state index contributed by atoms with van der Waals surface area (Å²) < 4.78 is 23.8. The Kier molecular flexibility index (Phi) is 6.09. The molecule has 0 spiro atoms. The molecule has 0 radical (unpaired) electrons. The van der Waals surface area contributed by atoms with E-state index in [-0.39, 0.29) is 11.6 Å². The Bertz CT molecular complexity index is 632. The van der Waals surface area contributed by atoms with E-state index in [4.69, 9.17) is 15.2 Å². The lowest BCUT2D eigenvalue weighted by atomic mass is 10.3. The molecule has 2 rings (SSSR count). The van der Waals surface area contributed by atoms with Gasteiger partial charge in [-0.15, -0.1) is 0 Å². The second kappa shape index (κ2) is 8.29. The van der Waals surface area contributed by atoms with Crippen LogP contribution in [0.15, 0.2) is 53.5 Å². The Hall–Kier alpha value is -2.21. The largest absolute Gasteiger partial charge is 0.497 e. The van der Waals surface area contributed by atoms with E-state index in [9.17, 15) is 4.39 Å². The number of nitrogens with zero attached hydrogens (tertiary/aromatic N) is 1. The standard InChI is InChI=1S/C16H17FN2O2S/c1-20-13-8-6-12(7-9-13)19-16(18)22-11-10-21-15-5-3-2-4-14(15)17/h2-9H,10-11H2,1H3,(H2,18,19). The van der Waals surface area contributed by atoms with Crippen LogP contribution in [0.2, 0.25) is 0 Å². The molecule has 0 heterocycles. The monoisotopic (exact) mass is 320 g/mol. The lowest BCUT2D eigenvalue weighted by molar-refractivity contribution is 0.325. The van der Waals surface area contributed by atoms with Crippen molar-refractivity contribution in [1.82, 2.24) is 0 Å². The first kappa shape index (κ1) is 16.2. The number of benzene rings is 2. The maximum atomic E-state index is 13.3. The molecule has 4 nitrogen and oxygen atoms in total. The average molecular weight is 320 g/mol. The number of rotatable bonds is 6. The quantitative estimate of drug-likeness (QED) is 0.502. The van der Waals surface area contributed by atoms with E-state index in [0.717, 1.165) is 11.4 Å². The fraction of sp³-hybridized carbons (Fsp3) is 0.188. The first-order valence-electron chi connectivity index (χ1n) is 6.67. The number of aliphatic imine (C=N–C) groups is 1. The van der Waals surface area contributed by atoms with Gasteiger partial charge in [-0.1, -0.05) is 23.9 Å². The predicted octanol–water partition coefficient (Wildman–Crippen LogP) is 3.59. The van der Waals surface area contributed by atoms with E-state index in [1.54, 1.807) is 25.3 Å². The molecule has 0 unspecified atom stereocenters. The molecule has 22 heavy (non-hydrogen) atoms. The lowest BCUT2D eigenvalue weighted by Crippen LogP contribution is -2.10. The summed E-state index contributed by atoms with van der Waals surface area (Å²) in [6.07, 6.45) is 0. The maximum Gasteiger partial charge on any atom is 0.165 e. The van der Waals surface area contributed by atoms with Crippen molar-refractivity contribution in [3.05, 3.63) is 54.3 Å². The number of ether oxygens (including phenoxy) is 2. The van der Waals surface area contributed by atoms with Gasteiger partial charge in [0.2, 0.25) is 0 Å². The summed E-state index contributed by atoms with van der Waals surface area (Å²) in [6.45, 7) is 0.352. The summed E-state index contributed by atoms with van der Waals surface area (Å²) in [5, 5.41) is 0.433. The predicted molar refractivity (Wildman–Crippen MR) is 88.6 cm³/mol. The van der Waals surface area contributed by atoms with Crippen LogP contribution < -0.4 is 15.2 Å². The fourth-order valence-electron chi connectivity index (χ4n) is 1.68. The van der Waals surface area contributed by atoms with Crippen LogP contribution in [-0.4, -0.2) is 24.6 Å². The van der Waals surface area contributed by atoms with Gasteiger partial charge in [-0.3, -0.25) is 0 Å². The van der Waals surface area contributed by atoms with Crippen LogP contribution in [0.25, 0.3) is 0 Å². The molecule has 0 atom stereocenters. The summed E-state index contributed by atoms with van der Waals surface area (Å²) in [5.41, 5.74) is 6.59. The zero-order chi connectivity index (χ0) is 15.8. The minimum absolute atomic E-state index is 0.244. The van der Waals surface area contributed by atoms with Crippen molar-refractivity contribution in [3.63, 3.8) is 0 Å². The third-order valence-electron chi connectivity index (χ3n) is 2.74. The molecule has 0 amide bonds.